The van der Waals surface area contributed by atoms with Crippen LogP contribution >= 0.6 is 0 Å². The number of nitrogens with one attached hydrogen (secondary N) is 1. The molecule has 1 unspecified atom stereocenters. The quantitative estimate of drug-likeness (QED) is 0.804. The molecule has 18 heavy (non-hydrogen) atoms. The number of carbonyl (C=O) groups is 1. The van der Waals surface area contributed by atoms with E-state index in [2.05, 4.69) is 4.72 Å². The third-order valence-electron chi connectivity index (χ3n) is 2.37. The number of sulfonamides is 1. The van der Waals surface area contributed by atoms with E-state index in [0.717, 1.165) is 0 Å². The Morgan fingerprint density at radius 2 is 1.61 bits per heavy atom. The van der Waals surface area contributed by atoms with Gasteiger partial charge < -0.3 is 5.11 Å². The van der Waals surface area contributed by atoms with E-state index in [1.807, 2.05) is 41.5 Å². The van der Waals surface area contributed by atoms with E-state index in [9.17, 15) is 13.2 Å². The first kappa shape index (κ1) is 17.4. The molecule has 6 heteroatoms. The molecule has 2 N–H and O–H groups in total. The fraction of sp³-hybridized carbons (Fsp3) is 0.917. The summed E-state index contributed by atoms with van der Waals surface area (Å²) in [6, 6.07) is -0.609. The molecule has 0 aliphatic carbocycles. The summed E-state index contributed by atoms with van der Waals surface area (Å²) in [6.45, 7) is 10.9. The van der Waals surface area contributed by atoms with Crippen molar-refractivity contribution in [2.24, 2.45) is 10.8 Å². The maximum absolute atomic E-state index is 12.0. The van der Waals surface area contributed by atoms with E-state index in [1.165, 1.54) is 0 Å². The summed E-state index contributed by atoms with van der Waals surface area (Å²) in [5, 5.41) is 8.84. The predicted molar refractivity (Wildman–Crippen MR) is 71.9 cm³/mol. The molecule has 0 saturated carbocycles. The van der Waals surface area contributed by atoms with Gasteiger partial charge >= 0.3 is 5.97 Å². The summed E-state index contributed by atoms with van der Waals surface area (Å²) in [4.78, 5) is 10.8. The number of aliphatic carboxylic acids is 1. The average Bonchev–Trinajstić information content (AvgIpc) is 1.93. The largest absolute Gasteiger partial charge is 0.481 e. The number of hydrogen-bond donors (Lipinski definition) is 2. The lowest BCUT2D eigenvalue weighted by molar-refractivity contribution is -0.138. The summed E-state index contributed by atoms with van der Waals surface area (Å²) in [5.41, 5.74) is -0.805. The van der Waals surface area contributed by atoms with E-state index in [0.29, 0.717) is 0 Å². The molecule has 0 aromatic carbocycles. The molecule has 0 rings (SSSR count). The van der Waals surface area contributed by atoms with Crippen molar-refractivity contribution < 1.29 is 18.3 Å². The topological polar surface area (TPSA) is 83.5 Å². The van der Waals surface area contributed by atoms with Crippen LogP contribution in [0.4, 0.5) is 0 Å². The van der Waals surface area contributed by atoms with E-state index in [1.54, 1.807) is 0 Å². The summed E-state index contributed by atoms with van der Waals surface area (Å²) >= 11 is 0. The van der Waals surface area contributed by atoms with Crippen molar-refractivity contribution in [2.75, 3.05) is 5.75 Å². The van der Waals surface area contributed by atoms with Gasteiger partial charge in [0.05, 0.1) is 12.2 Å². The molecule has 0 amide bonds. The van der Waals surface area contributed by atoms with E-state index in [-0.39, 0.29) is 17.6 Å². The Kier molecular flexibility index (Phi) is 5.38. The summed E-state index contributed by atoms with van der Waals surface area (Å²) in [6.07, 6.45) is -0.215. The van der Waals surface area contributed by atoms with Gasteiger partial charge in [0.25, 0.3) is 0 Å². The predicted octanol–water partition coefficient (Wildman–Crippen LogP) is 1.84. The SMILES string of the molecule is CC(C)(C)CS(=O)(=O)NC(CC(=O)O)C(C)(C)C. The Labute approximate surface area is 110 Å². The van der Waals surface area contributed by atoms with Crippen LogP contribution in [-0.4, -0.2) is 31.3 Å². The fourth-order valence-electron chi connectivity index (χ4n) is 1.53. The van der Waals surface area contributed by atoms with Crippen LogP contribution in [0.5, 0.6) is 0 Å². The first-order chi connectivity index (χ1) is 7.73. The number of hydrogen-bond acceptors (Lipinski definition) is 3. The number of rotatable bonds is 5. The normalized spacial score (nSPS) is 15.4. The molecule has 0 radical (unpaired) electrons. The van der Waals surface area contributed by atoms with Gasteiger partial charge in [-0.25, -0.2) is 13.1 Å². The third-order valence-corrected chi connectivity index (χ3v) is 4.26. The maximum atomic E-state index is 12.0. The summed E-state index contributed by atoms with van der Waals surface area (Å²) < 4.78 is 26.5. The molecule has 0 aliphatic heterocycles. The van der Waals surface area contributed by atoms with Gasteiger partial charge in [-0.15, -0.1) is 0 Å². The van der Waals surface area contributed by atoms with E-state index in [4.69, 9.17) is 5.11 Å². The van der Waals surface area contributed by atoms with Crippen LogP contribution in [0.1, 0.15) is 48.0 Å². The Morgan fingerprint density at radius 1 is 1.17 bits per heavy atom. The second kappa shape index (κ2) is 5.57. The minimum Gasteiger partial charge on any atom is -0.481 e. The molecule has 0 aromatic rings. The zero-order valence-corrected chi connectivity index (χ0v) is 12.9. The molecule has 5 nitrogen and oxygen atoms in total. The fourth-order valence-corrected chi connectivity index (χ4v) is 3.62. The Balaban J connectivity index is 4.94. The van der Waals surface area contributed by atoms with Crippen molar-refractivity contribution in [3.8, 4) is 0 Å². The third kappa shape index (κ3) is 7.66. The highest BCUT2D eigenvalue weighted by molar-refractivity contribution is 7.89. The average molecular weight is 279 g/mol. The molecular formula is C12H25NO4S. The molecule has 0 aliphatic rings. The summed E-state index contributed by atoms with van der Waals surface area (Å²) in [7, 11) is -3.48. The highest BCUT2D eigenvalue weighted by Crippen LogP contribution is 2.24. The summed E-state index contributed by atoms with van der Waals surface area (Å²) in [5.74, 6) is -1.03. The van der Waals surface area contributed by atoms with Gasteiger partial charge in [0.1, 0.15) is 0 Å². The van der Waals surface area contributed by atoms with Gasteiger partial charge in [0.15, 0.2) is 0 Å². The van der Waals surface area contributed by atoms with Gasteiger partial charge in [-0.05, 0) is 10.8 Å². The lowest BCUT2D eigenvalue weighted by atomic mass is 9.85. The van der Waals surface area contributed by atoms with Crippen molar-refractivity contribution in [3.63, 3.8) is 0 Å². The molecule has 0 spiro atoms. The highest BCUT2D eigenvalue weighted by Gasteiger charge is 2.32. The van der Waals surface area contributed by atoms with Crippen molar-refractivity contribution in [1.29, 1.82) is 0 Å². The Hall–Kier alpha value is -0.620. The lowest BCUT2D eigenvalue weighted by Gasteiger charge is -2.31. The van der Waals surface area contributed by atoms with Crippen LogP contribution in [0.25, 0.3) is 0 Å². The van der Waals surface area contributed by atoms with E-state index >= 15 is 0 Å². The molecule has 108 valence electrons. The Morgan fingerprint density at radius 3 is 1.89 bits per heavy atom. The second-order valence-electron chi connectivity index (χ2n) is 6.95. The van der Waals surface area contributed by atoms with Gasteiger partial charge in [-0.3, -0.25) is 4.79 Å². The monoisotopic (exact) mass is 279 g/mol. The molecule has 0 fully saturated rings. The number of carboxylic acids is 1. The standard InChI is InChI=1S/C12H25NO4S/c1-11(2,3)8-18(16,17)13-9(7-10(14)15)12(4,5)6/h9,13H,7-8H2,1-6H3,(H,14,15). The minimum atomic E-state index is -3.48. The molecule has 0 heterocycles. The van der Waals surface area contributed by atoms with Crippen LogP contribution < -0.4 is 4.72 Å². The van der Waals surface area contributed by atoms with Crippen molar-refractivity contribution in [3.05, 3.63) is 0 Å². The van der Waals surface area contributed by atoms with Crippen molar-refractivity contribution in [2.45, 2.75) is 54.0 Å². The van der Waals surface area contributed by atoms with Gasteiger partial charge in [0, 0.05) is 6.04 Å². The first-order valence-corrected chi connectivity index (χ1v) is 7.60. The van der Waals surface area contributed by atoms with Gasteiger partial charge in [-0.2, -0.15) is 0 Å². The molecule has 0 bridgehead atoms. The van der Waals surface area contributed by atoms with Crippen LogP contribution in [0.15, 0.2) is 0 Å². The zero-order chi connectivity index (χ0) is 14.8. The second-order valence-corrected chi connectivity index (χ2v) is 8.71. The Bertz CT molecular complexity index is 387. The molecular weight excluding hydrogens is 254 g/mol. The maximum Gasteiger partial charge on any atom is 0.304 e. The van der Waals surface area contributed by atoms with Crippen LogP contribution in [0.2, 0.25) is 0 Å². The minimum absolute atomic E-state index is 0.0216. The van der Waals surface area contributed by atoms with Crippen LogP contribution in [-0.2, 0) is 14.8 Å². The van der Waals surface area contributed by atoms with Crippen molar-refractivity contribution in [1.82, 2.24) is 4.72 Å². The van der Waals surface area contributed by atoms with Crippen molar-refractivity contribution >= 4 is 16.0 Å². The molecule has 0 saturated heterocycles. The van der Waals surface area contributed by atoms with Gasteiger partial charge in [-0.1, -0.05) is 41.5 Å². The van der Waals surface area contributed by atoms with E-state index < -0.39 is 27.4 Å². The molecule has 1 atom stereocenters. The van der Waals surface area contributed by atoms with Crippen LogP contribution in [0, 0.1) is 10.8 Å². The molecule has 0 aromatic heterocycles. The lowest BCUT2D eigenvalue weighted by Crippen LogP contribution is -2.47. The number of carboxylic acid groups (broad SMARTS) is 1. The van der Waals surface area contributed by atoms with Crippen LogP contribution in [0.3, 0.4) is 0 Å². The first-order valence-electron chi connectivity index (χ1n) is 5.95. The zero-order valence-electron chi connectivity index (χ0n) is 12.1. The smallest absolute Gasteiger partial charge is 0.304 e. The highest BCUT2D eigenvalue weighted by atomic mass is 32.2. The van der Waals surface area contributed by atoms with Gasteiger partial charge in [0.2, 0.25) is 10.0 Å².